The van der Waals surface area contributed by atoms with Crippen molar-refractivity contribution in [1.82, 2.24) is 9.88 Å². The molecule has 2 N–H and O–H groups in total. The van der Waals surface area contributed by atoms with E-state index in [1.807, 2.05) is 5.38 Å². The first kappa shape index (κ1) is 21.0. The van der Waals surface area contributed by atoms with E-state index in [-0.39, 0.29) is 24.2 Å². The Balaban J connectivity index is 1.25. The molecular weight excluding hydrogens is 420 g/mol. The summed E-state index contributed by atoms with van der Waals surface area (Å²) in [6.45, 7) is 3.80. The summed E-state index contributed by atoms with van der Waals surface area (Å²) in [5.41, 5.74) is 1.45. The fourth-order valence-corrected chi connectivity index (χ4v) is 3.71. The maximum absolute atomic E-state index is 12.2. The Morgan fingerprint density at radius 2 is 2.03 bits per heavy atom. The molecule has 1 fully saturated rings. The van der Waals surface area contributed by atoms with E-state index >= 15 is 0 Å². The van der Waals surface area contributed by atoms with Gasteiger partial charge in [-0.1, -0.05) is 6.07 Å². The number of ether oxygens (including phenoxy) is 2. The van der Waals surface area contributed by atoms with Crippen LogP contribution in [0.3, 0.4) is 0 Å². The number of hydrogen-bond acceptors (Lipinski definition) is 8. The summed E-state index contributed by atoms with van der Waals surface area (Å²) < 4.78 is 16.0. The molecule has 3 aromatic rings. The van der Waals surface area contributed by atoms with Gasteiger partial charge in [0.25, 0.3) is 11.8 Å². The second-order valence-electron chi connectivity index (χ2n) is 6.83. The Bertz CT molecular complexity index is 1010. The fourth-order valence-electron chi connectivity index (χ4n) is 2.99. The largest absolute Gasteiger partial charge is 0.484 e. The van der Waals surface area contributed by atoms with Crippen molar-refractivity contribution in [3.05, 3.63) is 59.5 Å². The van der Waals surface area contributed by atoms with Gasteiger partial charge in [0.1, 0.15) is 5.75 Å². The molecule has 162 valence electrons. The molecule has 4 rings (SSSR count). The van der Waals surface area contributed by atoms with E-state index in [0.717, 1.165) is 38.5 Å². The number of rotatable bonds is 8. The molecule has 10 heteroatoms. The summed E-state index contributed by atoms with van der Waals surface area (Å²) in [5.74, 6) is -0.00415. The summed E-state index contributed by atoms with van der Waals surface area (Å²) in [6, 6.07) is 10.0. The van der Waals surface area contributed by atoms with Crippen LogP contribution in [0.2, 0.25) is 0 Å². The number of aromatic nitrogens is 1. The van der Waals surface area contributed by atoms with E-state index in [1.165, 1.54) is 17.6 Å². The molecule has 0 saturated carbocycles. The lowest BCUT2D eigenvalue weighted by Crippen LogP contribution is -2.35. The van der Waals surface area contributed by atoms with E-state index in [2.05, 4.69) is 20.5 Å². The summed E-state index contributed by atoms with van der Waals surface area (Å²) in [7, 11) is 0. The highest BCUT2D eigenvalue weighted by molar-refractivity contribution is 7.13. The van der Waals surface area contributed by atoms with Crippen LogP contribution in [-0.4, -0.2) is 54.6 Å². The third-order valence-corrected chi connectivity index (χ3v) is 5.30. The van der Waals surface area contributed by atoms with E-state index in [1.54, 1.807) is 36.4 Å². The minimum absolute atomic E-state index is 0.173. The standard InChI is InChI=1S/C21H22N4O5S/c26-19(24-21-23-16(14-31-21)12-25-6-9-28-10-7-25)13-30-17-4-1-3-15(11-17)22-20(27)18-5-2-8-29-18/h1-5,8,11,14H,6-7,9-10,12-13H2,(H,22,27)(H,23,24,26). The maximum Gasteiger partial charge on any atom is 0.291 e. The van der Waals surface area contributed by atoms with E-state index < -0.39 is 0 Å². The molecule has 1 aliphatic heterocycles. The predicted molar refractivity (Wildman–Crippen MR) is 115 cm³/mol. The zero-order chi connectivity index (χ0) is 21.5. The minimum Gasteiger partial charge on any atom is -0.484 e. The smallest absolute Gasteiger partial charge is 0.291 e. The molecule has 2 amide bonds. The van der Waals surface area contributed by atoms with E-state index in [4.69, 9.17) is 13.9 Å². The molecule has 0 bridgehead atoms. The van der Waals surface area contributed by atoms with Crippen LogP contribution in [0.5, 0.6) is 5.75 Å². The maximum atomic E-state index is 12.2. The highest BCUT2D eigenvalue weighted by Crippen LogP contribution is 2.20. The van der Waals surface area contributed by atoms with Gasteiger partial charge in [0.2, 0.25) is 0 Å². The molecule has 1 aliphatic rings. The Labute approximate surface area is 183 Å². The third-order valence-electron chi connectivity index (χ3n) is 4.49. The molecule has 0 radical (unpaired) electrons. The quantitative estimate of drug-likeness (QED) is 0.553. The van der Waals surface area contributed by atoms with Gasteiger partial charge in [-0.15, -0.1) is 11.3 Å². The van der Waals surface area contributed by atoms with Gasteiger partial charge in [-0.3, -0.25) is 19.8 Å². The van der Waals surface area contributed by atoms with Crippen LogP contribution in [0.4, 0.5) is 10.8 Å². The van der Waals surface area contributed by atoms with Crippen molar-refractivity contribution >= 4 is 34.0 Å². The number of hydrogen-bond donors (Lipinski definition) is 2. The molecule has 0 spiro atoms. The molecule has 1 aromatic carbocycles. The van der Waals surface area contributed by atoms with Gasteiger partial charge < -0.3 is 19.2 Å². The Morgan fingerprint density at radius 1 is 1.16 bits per heavy atom. The monoisotopic (exact) mass is 442 g/mol. The van der Waals surface area contributed by atoms with Crippen molar-refractivity contribution in [2.24, 2.45) is 0 Å². The first-order chi connectivity index (χ1) is 15.2. The Hall–Kier alpha value is -3.21. The zero-order valence-electron chi connectivity index (χ0n) is 16.7. The highest BCUT2D eigenvalue weighted by Gasteiger charge is 2.14. The average Bonchev–Trinajstić information content (AvgIpc) is 3.46. The van der Waals surface area contributed by atoms with Crippen molar-refractivity contribution in [3.8, 4) is 5.75 Å². The Kier molecular flexibility index (Phi) is 6.92. The van der Waals surface area contributed by atoms with Crippen LogP contribution in [0, 0.1) is 0 Å². The van der Waals surface area contributed by atoms with Crippen molar-refractivity contribution in [1.29, 1.82) is 0 Å². The lowest BCUT2D eigenvalue weighted by Gasteiger charge is -2.25. The first-order valence-corrected chi connectivity index (χ1v) is 10.7. The van der Waals surface area contributed by atoms with Gasteiger partial charge in [0, 0.05) is 36.8 Å². The van der Waals surface area contributed by atoms with Gasteiger partial charge in [0.05, 0.1) is 25.2 Å². The second-order valence-corrected chi connectivity index (χ2v) is 7.69. The molecule has 9 nitrogen and oxygen atoms in total. The molecule has 0 atom stereocenters. The van der Waals surface area contributed by atoms with E-state index in [0.29, 0.717) is 16.6 Å². The van der Waals surface area contributed by atoms with Crippen LogP contribution in [0.25, 0.3) is 0 Å². The molecule has 0 aliphatic carbocycles. The lowest BCUT2D eigenvalue weighted by atomic mass is 10.3. The number of anilines is 2. The third kappa shape index (κ3) is 6.14. The number of furan rings is 1. The molecule has 2 aromatic heterocycles. The van der Waals surface area contributed by atoms with Crippen molar-refractivity contribution in [2.75, 3.05) is 43.5 Å². The molecular formula is C21H22N4O5S. The van der Waals surface area contributed by atoms with Gasteiger partial charge >= 0.3 is 0 Å². The predicted octanol–water partition coefficient (Wildman–Crippen LogP) is 2.84. The Morgan fingerprint density at radius 3 is 2.84 bits per heavy atom. The topological polar surface area (TPSA) is 106 Å². The van der Waals surface area contributed by atoms with Crippen LogP contribution in [0.15, 0.2) is 52.5 Å². The number of thiazole rings is 1. The van der Waals surface area contributed by atoms with Crippen LogP contribution in [-0.2, 0) is 16.1 Å². The first-order valence-electron chi connectivity index (χ1n) is 9.78. The molecule has 31 heavy (non-hydrogen) atoms. The number of nitrogens with one attached hydrogen (secondary N) is 2. The van der Waals surface area contributed by atoms with E-state index in [9.17, 15) is 9.59 Å². The summed E-state index contributed by atoms with van der Waals surface area (Å²) in [6.07, 6.45) is 1.43. The summed E-state index contributed by atoms with van der Waals surface area (Å²) in [5, 5.41) is 7.95. The average molecular weight is 442 g/mol. The molecule has 3 heterocycles. The number of amides is 2. The second kappa shape index (κ2) is 10.2. The van der Waals surface area contributed by atoms with Crippen LogP contribution < -0.4 is 15.4 Å². The zero-order valence-corrected chi connectivity index (χ0v) is 17.5. The minimum atomic E-state index is -0.364. The van der Waals surface area contributed by atoms with Gasteiger partial charge in [-0.05, 0) is 24.3 Å². The summed E-state index contributed by atoms with van der Waals surface area (Å²) in [4.78, 5) is 31.0. The molecule has 0 unspecified atom stereocenters. The SMILES string of the molecule is O=C(COc1cccc(NC(=O)c2ccco2)c1)Nc1nc(CN2CCOCC2)cs1. The van der Waals surface area contributed by atoms with Gasteiger partial charge in [-0.2, -0.15) is 0 Å². The van der Waals surface area contributed by atoms with Crippen LogP contribution in [0.1, 0.15) is 16.2 Å². The van der Waals surface area contributed by atoms with Gasteiger partial charge in [0.15, 0.2) is 17.5 Å². The fraction of sp³-hybridized carbons (Fsp3) is 0.286. The van der Waals surface area contributed by atoms with Crippen molar-refractivity contribution in [2.45, 2.75) is 6.54 Å². The number of carbonyl (C=O) groups excluding carboxylic acids is 2. The molecule has 1 saturated heterocycles. The van der Waals surface area contributed by atoms with Crippen LogP contribution >= 0.6 is 11.3 Å². The highest BCUT2D eigenvalue weighted by atomic mass is 32.1. The van der Waals surface area contributed by atoms with Crippen molar-refractivity contribution in [3.63, 3.8) is 0 Å². The number of benzene rings is 1. The van der Waals surface area contributed by atoms with Crippen molar-refractivity contribution < 1.29 is 23.5 Å². The number of carbonyl (C=O) groups is 2. The number of nitrogens with zero attached hydrogens (tertiary/aromatic N) is 2. The van der Waals surface area contributed by atoms with Gasteiger partial charge in [-0.25, -0.2) is 4.98 Å². The number of morpholine rings is 1. The summed E-state index contributed by atoms with van der Waals surface area (Å²) >= 11 is 1.38. The normalized spacial score (nSPS) is 14.2. The lowest BCUT2D eigenvalue weighted by molar-refractivity contribution is -0.118.